The molecular weight excluding hydrogens is 417 g/mol. The first-order chi connectivity index (χ1) is 8.73. The highest BCUT2D eigenvalue weighted by atomic mass is 32.8. The Labute approximate surface area is 126 Å². The van der Waals surface area contributed by atoms with Gasteiger partial charge in [0.25, 0.3) is 0 Å². The minimum absolute atomic E-state index is 0.353. The van der Waals surface area contributed by atoms with Crippen LogP contribution in [0.1, 0.15) is 0 Å². The van der Waals surface area contributed by atoms with Gasteiger partial charge >= 0.3 is 17.1 Å². The topological polar surface area (TPSA) is 66.0 Å². The van der Waals surface area contributed by atoms with Crippen LogP contribution in [-0.2, 0) is 7.05 Å². The van der Waals surface area contributed by atoms with E-state index in [9.17, 15) is 14.4 Å². The molecule has 19 heavy (non-hydrogen) atoms. The minimum Gasteiger partial charge on any atom is -0.248 e. The number of aromatic nitrogens is 3. The number of hydrogen-bond donors (Lipinski definition) is 0. The summed E-state index contributed by atoms with van der Waals surface area (Å²) in [4.78, 5) is 36.6. The molecule has 0 aliphatic heterocycles. The maximum Gasteiger partial charge on any atom is 0.344 e. The van der Waals surface area contributed by atoms with Crippen molar-refractivity contribution >= 4 is 74.5 Å². The Morgan fingerprint density at radius 3 is 1.84 bits per heavy atom. The van der Waals surface area contributed by atoms with Gasteiger partial charge in [0, 0.05) is 7.05 Å². The monoisotopic (exact) mass is 431 g/mol. The molecule has 1 rings (SSSR count). The van der Waals surface area contributed by atoms with Crippen molar-refractivity contribution in [1.29, 1.82) is 0 Å². The first-order valence-corrected chi connectivity index (χ1v) is 19.3. The van der Waals surface area contributed by atoms with Gasteiger partial charge in [0.2, 0.25) is 0 Å². The molecule has 0 fully saturated rings. The molecule has 0 N–H and O–H groups in total. The molecule has 0 aliphatic rings. The normalized spacial score (nSPS) is 15.3. The third-order valence-corrected chi connectivity index (χ3v) is 27.0. The Balaban J connectivity index is 3.77. The molecule has 8 unspecified atom stereocenters. The maximum atomic E-state index is 12.4. The Bertz CT molecular complexity index is 633. The van der Waals surface area contributed by atoms with E-state index in [1.807, 2.05) is 0 Å². The van der Waals surface area contributed by atoms with Crippen LogP contribution in [0.2, 0.25) is 0 Å². The minimum atomic E-state index is -1.03. The molecule has 1 aromatic heterocycles. The lowest BCUT2D eigenvalue weighted by atomic mass is 10.9. The molecular formula is C4H14N3O3P9. The van der Waals surface area contributed by atoms with Gasteiger partial charge in [-0.3, -0.25) is 0 Å². The lowest BCUT2D eigenvalue weighted by Gasteiger charge is -2.21. The van der Waals surface area contributed by atoms with Crippen molar-refractivity contribution in [3.8, 4) is 0 Å². The average molecular weight is 431 g/mol. The SMILES string of the molecule is Cn1c(=O)n(P(P)PP)c(=O)n(P(P)P(P)P)c1=O. The molecule has 0 radical (unpaired) electrons. The molecule has 0 spiro atoms. The van der Waals surface area contributed by atoms with Crippen LogP contribution < -0.4 is 17.1 Å². The summed E-state index contributed by atoms with van der Waals surface area (Å²) in [6.45, 7) is -0.635. The summed E-state index contributed by atoms with van der Waals surface area (Å²) in [6, 6.07) is 0. The van der Waals surface area contributed by atoms with Crippen molar-refractivity contribution < 1.29 is 0 Å². The molecule has 15 heteroatoms. The van der Waals surface area contributed by atoms with Crippen LogP contribution in [0.15, 0.2) is 14.4 Å². The van der Waals surface area contributed by atoms with Crippen LogP contribution in [0.5, 0.6) is 0 Å². The smallest absolute Gasteiger partial charge is 0.248 e. The predicted molar refractivity (Wildman–Crippen MR) is 109 cm³/mol. The predicted octanol–water partition coefficient (Wildman–Crippen LogP) is 2.14. The largest absolute Gasteiger partial charge is 0.344 e. The van der Waals surface area contributed by atoms with E-state index in [4.69, 9.17) is 0 Å². The summed E-state index contributed by atoms with van der Waals surface area (Å²) in [5.41, 5.74) is -1.61. The Hall–Kier alpha value is 2.28. The molecule has 0 aromatic carbocycles. The first kappa shape index (κ1) is 19.3. The summed E-state index contributed by atoms with van der Waals surface area (Å²) >= 11 is 0. The summed E-state index contributed by atoms with van der Waals surface area (Å²) in [5, 5.41) is 0. The van der Waals surface area contributed by atoms with Crippen molar-refractivity contribution in [2.75, 3.05) is 0 Å². The standard InChI is InChI=1S/C4H14N3O3P9/c1-5-2(8)6(17(12)16-11)4(10)7(3(5)9)18(13)19(14)15/h16H,11-15H2,1H3. The van der Waals surface area contributed by atoms with Gasteiger partial charge in [-0.2, -0.15) is 0 Å². The Morgan fingerprint density at radius 1 is 0.947 bits per heavy atom. The second kappa shape index (κ2) is 8.22. The van der Waals surface area contributed by atoms with E-state index in [0.29, 0.717) is 7.96 Å². The third-order valence-electron chi connectivity index (χ3n) is 2.09. The van der Waals surface area contributed by atoms with Crippen molar-refractivity contribution in [3.63, 3.8) is 0 Å². The maximum absolute atomic E-state index is 12.4. The van der Waals surface area contributed by atoms with Gasteiger partial charge in [0.05, 0.1) is 14.9 Å². The molecule has 0 saturated heterocycles. The fourth-order valence-electron chi connectivity index (χ4n) is 1.14. The third kappa shape index (κ3) is 4.18. The zero-order valence-corrected chi connectivity index (χ0v) is 19.3. The highest BCUT2D eigenvalue weighted by molar-refractivity contribution is 8.81. The van der Waals surface area contributed by atoms with E-state index in [-0.39, 0.29) is 0 Å². The summed E-state index contributed by atoms with van der Waals surface area (Å²) in [5.74, 6) is 0. The van der Waals surface area contributed by atoms with Crippen molar-refractivity contribution in [2.24, 2.45) is 7.05 Å². The summed E-state index contributed by atoms with van der Waals surface area (Å²) in [7, 11) is 12.6. The fourth-order valence-corrected chi connectivity index (χ4v) is 8.72. The number of hydrogen-bond acceptors (Lipinski definition) is 3. The second-order valence-electron chi connectivity index (χ2n) is 3.20. The molecule has 108 valence electrons. The van der Waals surface area contributed by atoms with Crippen LogP contribution in [0, 0.1) is 0 Å². The van der Waals surface area contributed by atoms with Gasteiger partial charge in [-0.1, -0.05) is 25.8 Å². The van der Waals surface area contributed by atoms with E-state index < -0.39 is 39.0 Å². The lowest BCUT2D eigenvalue weighted by molar-refractivity contribution is 0.673. The highest BCUT2D eigenvalue weighted by Crippen LogP contribution is 2.82. The lowest BCUT2D eigenvalue weighted by Crippen LogP contribution is -2.50. The Morgan fingerprint density at radius 2 is 1.42 bits per heavy atom. The van der Waals surface area contributed by atoms with Crippen LogP contribution >= 0.6 is 74.5 Å². The second-order valence-corrected chi connectivity index (χ2v) is 27.0. The van der Waals surface area contributed by atoms with Crippen LogP contribution in [0.25, 0.3) is 0 Å². The zero-order chi connectivity index (χ0) is 14.9. The molecule has 6 nitrogen and oxygen atoms in total. The van der Waals surface area contributed by atoms with E-state index in [2.05, 4.69) is 44.6 Å². The van der Waals surface area contributed by atoms with Crippen LogP contribution in [-0.4, -0.2) is 13.2 Å². The fraction of sp³-hybridized carbons (Fsp3) is 0.250. The van der Waals surface area contributed by atoms with Crippen molar-refractivity contribution in [1.82, 2.24) is 13.2 Å². The molecule has 1 aromatic rings. The highest BCUT2D eigenvalue weighted by Gasteiger charge is 2.22. The average Bonchev–Trinajstić information content (AvgIpc) is 2.35. The number of rotatable bonds is 4. The van der Waals surface area contributed by atoms with Gasteiger partial charge in [-0.05, 0) is 6.99 Å². The van der Waals surface area contributed by atoms with E-state index in [1.54, 1.807) is 0 Å². The quantitative estimate of drug-likeness (QED) is 0.687. The van der Waals surface area contributed by atoms with E-state index in [1.165, 1.54) is 15.7 Å². The molecule has 0 amide bonds. The van der Waals surface area contributed by atoms with Gasteiger partial charge < -0.3 is 0 Å². The van der Waals surface area contributed by atoms with Crippen LogP contribution in [0.3, 0.4) is 0 Å². The van der Waals surface area contributed by atoms with Crippen molar-refractivity contribution in [3.05, 3.63) is 31.5 Å². The molecule has 0 saturated carbocycles. The first-order valence-electron chi connectivity index (χ1n) is 4.55. The van der Waals surface area contributed by atoms with Gasteiger partial charge in [0.15, 0.2) is 0 Å². The molecule has 0 bridgehead atoms. The molecule has 8 atom stereocenters. The zero-order valence-electron chi connectivity index (χ0n) is 9.79. The number of nitrogens with zero attached hydrogens (tertiary/aromatic N) is 3. The summed E-state index contributed by atoms with van der Waals surface area (Å²) < 4.78 is 3.37. The Kier molecular flexibility index (Phi) is 8.36. The van der Waals surface area contributed by atoms with Gasteiger partial charge in [0.1, 0.15) is 0 Å². The van der Waals surface area contributed by atoms with Gasteiger partial charge in [-0.25, -0.2) is 27.6 Å². The van der Waals surface area contributed by atoms with E-state index in [0.717, 1.165) is 4.57 Å². The summed E-state index contributed by atoms with van der Waals surface area (Å²) in [6.07, 6.45) is 0. The molecule has 0 aliphatic carbocycles. The van der Waals surface area contributed by atoms with Crippen molar-refractivity contribution in [2.45, 2.75) is 0 Å². The van der Waals surface area contributed by atoms with Crippen LogP contribution in [0.4, 0.5) is 0 Å². The van der Waals surface area contributed by atoms with E-state index >= 15 is 0 Å². The molecule has 1 heterocycles. The van der Waals surface area contributed by atoms with Gasteiger partial charge in [-0.15, -0.1) is 26.8 Å².